The molecule has 1 aromatic rings. The molecule has 0 aromatic heterocycles. The summed E-state index contributed by atoms with van der Waals surface area (Å²) >= 11 is 0. The molecule has 0 heterocycles. The number of fused-ring (bicyclic) bond motifs is 3. The first-order valence-electron chi connectivity index (χ1n) is 10.4. The van der Waals surface area contributed by atoms with Crippen molar-refractivity contribution in [3.63, 3.8) is 0 Å². The molecule has 9 nitrogen and oxygen atoms in total. The zero-order valence-electron chi connectivity index (χ0n) is 18.8. The van der Waals surface area contributed by atoms with Crippen LogP contribution in [0.4, 0.5) is 0 Å². The van der Waals surface area contributed by atoms with E-state index < -0.39 is 58.0 Å². The third kappa shape index (κ3) is 2.69. The molecule has 1 amide bonds. The van der Waals surface area contributed by atoms with Gasteiger partial charge < -0.3 is 26.2 Å². The van der Waals surface area contributed by atoms with Gasteiger partial charge in [0.25, 0.3) is 5.91 Å². The molecule has 0 spiro atoms. The van der Waals surface area contributed by atoms with Gasteiger partial charge in [-0.3, -0.25) is 19.3 Å². The van der Waals surface area contributed by atoms with Gasteiger partial charge in [-0.2, -0.15) is 0 Å². The number of phenols is 1. The average molecular weight is 454 g/mol. The monoisotopic (exact) mass is 454 g/mol. The lowest BCUT2D eigenvalue weighted by Gasteiger charge is -2.50. The minimum atomic E-state index is -2.67. The number of aliphatic hydroxyl groups excluding tert-OH is 2. The van der Waals surface area contributed by atoms with Gasteiger partial charge in [-0.15, -0.1) is 0 Å². The van der Waals surface area contributed by atoms with E-state index in [1.807, 2.05) is 0 Å². The summed E-state index contributed by atoms with van der Waals surface area (Å²) in [5.74, 6) is -6.94. The summed E-state index contributed by atoms with van der Waals surface area (Å²) in [6.45, 7) is 7.54. The molecule has 0 unspecified atom stereocenters. The fourth-order valence-electron chi connectivity index (χ4n) is 5.71. The summed E-state index contributed by atoms with van der Waals surface area (Å²) in [5.41, 5.74) is 3.71. The fourth-order valence-corrected chi connectivity index (χ4v) is 5.71. The molecule has 4 atom stereocenters. The van der Waals surface area contributed by atoms with Crippen molar-refractivity contribution in [2.45, 2.75) is 31.9 Å². The molecule has 33 heavy (non-hydrogen) atoms. The number of aryl methyl sites for hydroxylation is 2. The smallest absolute Gasteiger partial charge is 0.255 e. The number of Topliss-reactive ketones (excluding diaryl/α,β-unsaturated/α-hetero) is 2. The third-order valence-electron chi connectivity index (χ3n) is 7.18. The van der Waals surface area contributed by atoms with E-state index in [9.17, 15) is 34.8 Å². The summed E-state index contributed by atoms with van der Waals surface area (Å²) in [6.07, 6.45) is -0.0291. The minimum Gasteiger partial charge on any atom is -0.508 e. The molecular formula is C24H26N2O7. The average Bonchev–Trinajstić information content (AvgIpc) is 2.70. The summed E-state index contributed by atoms with van der Waals surface area (Å²) in [6, 6.07) is 0.599. The number of hydrogen-bond donors (Lipinski definition) is 5. The maximum absolute atomic E-state index is 13.7. The zero-order chi connectivity index (χ0) is 24.7. The van der Waals surface area contributed by atoms with Crippen LogP contribution >= 0.6 is 0 Å². The molecular weight excluding hydrogens is 428 g/mol. The topological polar surface area (TPSA) is 161 Å². The summed E-state index contributed by atoms with van der Waals surface area (Å²) in [5, 5.41) is 44.2. The Balaban J connectivity index is 2.05. The highest BCUT2D eigenvalue weighted by atomic mass is 16.3. The third-order valence-corrected chi connectivity index (χ3v) is 7.18. The second-order valence-electron chi connectivity index (χ2n) is 9.25. The number of amides is 1. The summed E-state index contributed by atoms with van der Waals surface area (Å²) in [7, 11) is 3.10. The Morgan fingerprint density at radius 2 is 1.76 bits per heavy atom. The number of carbonyl (C=O) groups excluding carboxylic acids is 3. The van der Waals surface area contributed by atoms with E-state index in [1.165, 1.54) is 4.90 Å². The lowest BCUT2D eigenvalue weighted by atomic mass is 9.56. The fraction of sp³-hybridized carbons (Fsp3) is 0.375. The number of nitrogens with two attached hydrogens (primary N) is 1. The van der Waals surface area contributed by atoms with E-state index in [0.29, 0.717) is 16.7 Å². The molecule has 1 saturated carbocycles. The number of phenolic OH excluding ortho intramolecular Hbond substituents is 1. The van der Waals surface area contributed by atoms with Gasteiger partial charge >= 0.3 is 0 Å². The van der Waals surface area contributed by atoms with Gasteiger partial charge in [-0.05, 0) is 56.6 Å². The number of aromatic hydroxyl groups is 1. The molecule has 9 heteroatoms. The molecule has 174 valence electrons. The highest BCUT2D eigenvalue weighted by Crippen LogP contribution is 2.56. The molecule has 3 aliphatic rings. The van der Waals surface area contributed by atoms with Crippen molar-refractivity contribution in [3.8, 4) is 5.75 Å². The molecule has 1 fully saturated rings. The number of allylic oxidation sites excluding steroid dienone is 1. The first kappa shape index (κ1) is 22.8. The van der Waals surface area contributed by atoms with Gasteiger partial charge in [0, 0.05) is 17.4 Å². The Hall–Kier alpha value is -3.43. The van der Waals surface area contributed by atoms with Crippen LogP contribution in [0.25, 0.3) is 11.3 Å². The number of aliphatic hydroxyl groups is 3. The van der Waals surface area contributed by atoms with E-state index >= 15 is 0 Å². The Morgan fingerprint density at radius 3 is 2.30 bits per heavy atom. The number of benzene rings is 1. The summed E-state index contributed by atoms with van der Waals surface area (Å²) < 4.78 is 0. The largest absolute Gasteiger partial charge is 0.508 e. The zero-order valence-corrected chi connectivity index (χ0v) is 18.8. The maximum atomic E-state index is 13.7. The lowest BCUT2D eigenvalue weighted by Crippen LogP contribution is -2.65. The number of carbonyl (C=O) groups is 3. The van der Waals surface area contributed by atoms with Gasteiger partial charge in [-0.25, -0.2) is 0 Å². The van der Waals surface area contributed by atoms with Crippen LogP contribution in [0, 0.1) is 25.7 Å². The number of primary amides is 1. The van der Waals surface area contributed by atoms with Crippen LogP contribution in [0.2, 0.25) is 0 Å². The van der Waals surface area contributed by atoms with Gasteiger partial charge in [-0.1, -0.05) is 12.6 Å². The van der Waals surface area contributed by atoms with E-state index in [0.717, 1.165) is 5.56 Å². The maximum Gasteiger partial charge on any atom is 0.255 e. The van der Waals surface area contributed by atoms with Crippen molar-refractivity contribution in [2.75, 3.05) is 14.1 Å². The molecule has 4 rings (SSSR count). The molecule has 0 radical (unpaired) electrons. The first-order valence-corrected chi connectivity index (χ1v) is 10.4. The molecule has 0 bridgehead atoms. The lowest BCUT2D eigenvalue weighted by molar-refractivity contribution is -0.152. The first-order chi connectivity index (χ1) is 15.3. The van der Waals surface area contributed by atoms with Crippen molar-refractivity contribution < 1.29 is 34.8 Å². The van der Waals surface area contributed by atoms with Crippen LogP contribution in [-0.4, -0.2) is 68.5 Å². The second-order valence-corrected chi connectivity index (χ2v) is 9.25. The van der Waals surface area contributed by atoms with E-state index in [-0.39, 0.29) is 23.3 Å². The molecule has 3 aliphatic carbocycles. The standard InChI is InChI=1S/C24H26N2O7/c1-8-6-9(2)18(27)15-13(8)10(3)11-7-12-17(26(4)5)20(29)16(23(25)32)22(31)24(12,33)21(30)14(11)19(15)28/h6,11-12,17,27-28,31,33H,3,7H2,1-2,4-5H3,(H2,25,32)/t11-,12+,17+,24+/m1/s1. The van der Waals surface area contributed by atoms with Crippen LogP contribution in [0.5, 0.6) is 5.75 Å². The Bertz CT molecular complexity index is 1240. The van der Waals surface area contributed by atoms with Crippen molar-refractivity contribution in [1.82, 2.24) is 4.90 Å². The van der Waals surface area contributed by atoms with Gasteiger partial charge in [0.2, 0.25) is 5.78 Å². The quantitative estimate of drug-likeness (QED) is 0.414. The number of nitrogens with zero attached hydrogens (tertiary/aromatic N) is 1. The highest BCUT2D eigenvalue weighted by Gasteiger charge is 2.64. The molecule has 0 saturated heterocycles. The number of hydrogen-bond acceptors (Lipinski definition) is 8. The SMILES string of the molecule is C=C1c2c(C)cc(C)c(O)c2C(O)=C2C(=O)[C@]3(O)C(O)=C(C(N)=O)C(=O)[C@@H](N(C)C)[C@@H]3C[C@H]12. The second kappa shape index (κ2) is 7.03. The van der Waals surface area contributed by atoms with Crippen molar-refractivity contribution in [1.29, 1.82) is 0 Å². The highest BCUT2D eigenvalue weighted by molar-refractivity contribution is 6.25. The Morgan fingerprint density at radius 1 is 1.15 bits per heavy atom. The predicted molar refractivity (Wildman–Crippen MR) is 119 cm³/mol. The van der Waals surface area contributed by atoms with Gasteiger partial charge in [0.15, 0.2) is 11.4 Å². The molecule has 6 N–H and O–H groups in total. The Labute approximate surface area is 190 Å². The van der Waals surface area contributed by atoms with E-state index in [2.05, 4.69) is 6.58 Å². The predicted octanol–water partition coefficient (Wildman–Crippen LogP) is 1.05. The summed E-state index contributed by atoms with van der Waals surface area (Å²) in [4.78, 5) is 40.2. The van der Waals surface area contributed by atoms with Crippen LogP contribution in [0.15, 0.2) is 29.6 Å². The van der Waals surface area contributed by atoms with E-state index in [4.69, 9.17) is 5.73 Å². The van der Waals surface area contributed by atoms with Gasteiger partial charge in [0.05, 0.1) is 11.6 Å². The molecule has 1 aromatic carbocycles. The van der Waals surface area contributed by atoms with Crippen molar-refractivity contribution in [2.24, 2.45) is 17.6 Å². The number of rotatable bonds is 2. The van der Waals surface area contributed by atoms with Crippen LogP contribution < -0.4 is 5.73 Å². The normalized spacial score (nSPS) is 29.3. The van der Waals surface area contributed by atoms with Gasteiger partial charge in [0.1, 0.15) is 22.8 Å². The van der Waals surface area contributed by atoms with Crippen molar-refractivity contribution >= 4 is 28.8 Å². The van der Waals surface area contributed by atoms with Crippen LogP contribution in [0.3, 0.4) is 0 Å². The Kier molecular flexibility index (Phi) is 4.85. The van der Waals surface area contributed by atoms with E-state index in [1.54, 1.807) is 34.0 Å². The number of likely N-dealkylation sites (N-methyl/N-ethyl adjacent to an activating group) is 1. The molecule has 0 aliphatic heterocycles. The van der Waals surface area contributed by atoms with Crippen molar-refractivity contribution in [3.05, 3.63) is 51.8 Å². The minimum absolute atomic E-state index is 0.0220. The number of ketones is 2. The van der Waals surface area contributed by atoms with Crippen LogP contribution in [0.1, 0.15) is 28.7 Å². The van der Waals surface area contributed by atoms with Crippen LogP contribution in [-0.2, 0) is 14.4 Å².